The molecule has 1 heterocycles. The Morgan fingerprint density at radius 3 is 2.80 bits per heavy atom. The molecule has 1 aromatic heterocycles. The van der Waals surface area contributed by atoms with Gasteiger partial charge in [-0.3, -0.25) is 14.9 Å². The Morgan fingerprint density at radius 2 is 2.33 bits per heavy atom. The zero-order chi connectivity index (χ0) is 11.4. The highest BCUT2D eigenvalue weighted by molar-refractivity contribution is 9.11. The lowest BCUT2D eigenvalue weighted by Crippen LogP contribution is -2.23. The number of carbonyl (C=O) groups is 1. The van der Waals surface area contributed by atoms with E-state index in [-0.39, 0.29) is 10.9 Å². The van der Waals surface area contributed by atoms with E-state index in [9.17, 15) is 14.9 Å². The normalized spacial score (nSPS) is 9.67. The van der Waals surface area contributed by atoms with Gasteiger partial charge in [-0.2, -0.15) is 0 Å². The second kappa shape index (κ2) is 5.04. The molecule has 0 spiro atoms. The van der Waals surface area contributed by atoms with Gasteiger partial charge in [-0.1, -0.05) is 33.8 Å². The molecular weight excluding hydrogens is 284 g/mol. The number of nitro groups is 1. The van der Waals surface area contributed by atoms with E-state index >= 15 is 0 Å². The van der Waals surface area contributed by atoms with E-state index in [0.717, 1.165) is 11.3 Å². The third kappa shape index (κ3) is 3.45. The summed E-state index contributed by atoms with van der Waals surface area (Å²) in [4.78, 5) is 21.6. The molecule has 0 fully saturated rings. The van der Waals surface area contributed by atoms with Crippen molar-refractivity contribution in [1.82, 2.24) is 5.32 Å². The molecule has 1 aromatic rings. The van der Waals surface area contributed by atoms with Gasteiger partial charge in [0, 0.05) is 17.1 Å². The lowest BCUT2D eigenvalue weighted by Gasteiger charge is -1.99. The number of thiophene rings is 1. The van der Waals surface area contributed by atoms with Crippen molar-refractivity contribution in [2.45, 2.75) is 0 Å². The Morgan fingerprint density at radius 1 is 1.67 bits per heavy atom. The van der Waals surface area contributed by atoms with Gasteiger partial charge in [0.05, 0.1) is 9.80 Å². The molecule has 1 rings (SSSR count). The van der Waals surface area contributed by atoms with E-state index in [1.807, 2.05) is 0 Å². The first-order valence-electron chi connectivity index (χ1n) is 3.86. The molecular formula is C8H7BrN2O3S. The van der Waals surface area contributed by atoms with E-state index in [0.29, 0.717) is 15.9 Å². The zero-order valence-electron chi connectivity index (χ0n) is 7.53. The number of halogens is 1. The molecule has 0 unspecified atom stereocenters. The van der Waals surface area contributed by atoms with Crippen LogP contribution >= 0.6 is 27.3 Å². The first kappa shape index (κ1) is 11.9. The van der Waals surface area contributed by atoms with Crippen molar-refractivity contribution in [2.75, 3.05) is 6.54 Å². The minimum absolute atomic E-state index is 0.0437. The molecule has 0 saturated carbocycles. The van der Waals surface area contributed by atoms with Crippen LogP contribution < -0.4 is 5.32 Å². The van der Waals surface area contributed by atoms with E-state index in [1.54, 1.807) is 0 Å². The Kier molecular flexibility index (Phi) is 3.98. The molecule has 0 aromatic carbocycles. The number of nitrogens with zero attached hydrogens (tertiary/aromatic N) is 1. The predicted octanol–water partition coefficient (Wildman–Crippen LogP) is 2.29. The van der Waals surface area contributed by atoms with Crippen LogP contribution in [0.4, 0.5) is 5.00 Å². The van der Waals surface area contributed by atoms with Crippen molar-refractivity contribution >= 4 is 38.2 Å². The van der Waals surface area contributed by atoms with Crippen molar-refractivity contribution < 1.29 is 9.72 Å². The molecule has 5 nitrogen and oxygen atoms in total. The van der Waals surface area contributed by atoms with Crippen LogP contribution in [0.5, 0.6) is 0 Å². The molecule has 0 aliphatic heterocycles. The molecule has 0 radical (unpaired) electrons. The molecule has 0 atom stereocenters. The highest BCUT2D eigenvalue weighted by Gasteiger charge is 2.14. The molecule has 7 heteroatoms. The third-order valence-corrected chi connectivity index (χ3v) is 2.75. The van der Waals surface area contributed by atoms with Crippen molar-refractivity contribution in [3.8, 4) is 0 Å². The van der Waals surface area contributed by atoms with Crippen LogP contribution in [0, 0.1) is 10.1 Å². The summed E-state index contributed by atoms with van der Waals surface area (Å²) in [7, 11) is 0. The third-order valence-electron chi connectivity index (χ3n) is 1.44. The summed E-state index contributed by atoms with van der Waals surface area (Å²) in [6.07, 6.45) is 0. The van der Waals surface area contributed by atoms with Gasteiger partial charge in [-0.15, -0.1) is 0 Å². The van der Waals surface area contributed by atoms with E-state index in [4.69, 9.17) is 0 Å². The van der Waals surface area contributed by atoms with Crippen LogP contribution in [0.15, 0.2) is 23.2 Å². The fourth-order valence-corrected chi connectivity index (χ4v) is 1.69. The first-order chi connectivity index (χ1) is 7.00. The summed E-state index contributed by atoms with van der Waals surface area (Å²) in [5.41, 5.74) is 0. The van der Waals surface area contributed by atoms with Crippen LogP contribution in [-0.4, -0.2) is 17.4 Å². The average molecular weight is 291 g/mol. The topological polar surface area (TPSA) is 72.2 Å². The number of rotatable bonds is 4. The van der Waals surface area contributed by atoms with Gasteiger partial charge in [0.25, 0.3) is 5.91 Å². The van der Waals surface area contributed by atoms with E-state index in [1.165, 1.54) is 12.1 Å². The van der Waals surface area contributed by atoms with Crippen LogP contribution in [0.1, 0.15) is 9.67 Å². The maximum Gasteiger partial charge on any atom is 0.324 e. The molecule has 0 aliphatic rings. The number of amides is 1. The van der Waals surface area contributed by atoms with Gasteiger partial charge < -0.3 is 5.32 Å². The number of hydrogen-bond acceptors (Lipinski definition) is 4. The molecule has 1 amide bonds. The van der Waals surface area contributed by atoms with Crippen LogP contribution in [0.25, 0.3) is 0 Å². The van der Waals surface area contributed by atoms with Gasteiger partial charge >= 0.3 is 5.00 Å². The van der Waals surface area contributed by atoms with Crippen LogP contribution in [-0.2, 0) is 0 Å². The molecule has 0 aliphatic carbocycles. The fourth-order valence-electron chi connectivity index (χ4n) is 0.811. The maximum atomic E-state index is 11.4. The number of hydrogen-bond donors (Lipinski definition) is 1. The van der Waals surface area contributed by atoms with Crippen molar-refractivity contribution in [3.63, 3.8) is 0 Å². The Bertz CT molecular complexity index is 416. The van der Waals surface area contributed by atoms with Gasteiger partial charge in [0.1, 0.15) is 0 Å². The van der Waals surface area contributed by atoms with Gasteiger partial charge in [-0.05, 0) is 6.07 Å². The first-order valence-corrected chi connectivity index (χ1v) is 5.47. The minimum Gasteiger partial charge on any atom is -0.347 e. The second-order valence-corrected chi connectivity index (χ2v) is 4.78. The van der Waals surface area contributed by atoms with E-state index in [2.05, 4.69) is 27.8 Å². The Hall–Kier alpha value is -1.21. The lowest BCUT2D eigenvalue weighted by molar-refractivity contribution is -0.380. The average Bonchev–Trinajstić information content (AvgIpc) is 2.62. The fraction of sp³-hybridized carbons (Fsp3) is 0.125. The molecule has 0 bridgehead atoms. The summed E-state index contributed by atoms with van der Waals surface area (Å²) < 4.78 is 0.641. The zero-order valence-corrected chi connectivity index (χ0v) is 9.93. The largest absolute Gasteiger partial charge is 0.347 e. The summed E-state index contributed by atoms with van der Waals surface area (Å²) in [6.45, 7) is 3.85. The monoisotopic (exact) mass is 290 g/mol. The summed E-state index contributed by atoms with van der Waals surface area (Å²) >= 11 is 3.93. The molecule has 0 saturated heterocycles. The van der Waals surface area contributed by atoms with Crippen LogP contribution in [0.2, 0.25) is 0 Å². The SMILES string of the molecule is C=C(Br)CNC(=O)c1ccc([N+](=O)[O-])s1. The van der Waals surface area contributed by atoms with Gasteiger partial charge in [-0.25, -0.2) is 0 Å². The summed E-state index contributed by atoms with van der Waals surface area (Å²) in [6, 6.07) is 2.73. The lowest BCUT2D eigenvalue weighted by atomic mass is 10.4. The molecule has 1 N–H and O–H groups in total. The minimum atomic E-state index is -0.523. The van der Waals surface area contributed by atoms with E-state index < -0.39 is 4.92 Å². The van der Waals surface area contributed by atoms with Crippen molar-refractivity contribution in [2.24, 2.45) is 0 Å². The Labute approximate surface area is 98.1 Å². The highest BCUT2D eigenvalue weighted by atomic mass is 79.9. The summed E-state index contributed by atoms with van der Waals surface area (Å²) in [5.74, 6) is -0.339. The standard InChI is InChI=1S/C8H7BrN2O3S/c1-5(9)4-10-8(12)6-2-3-7(15-6)11(13)14/h2-3H,1,4H2,(H,10,12). The quantitative estimate of drug-likeness (QED) is 0.683. The highest BCUT2D eigenvalue weighted by Crippen LogP contribution is 2.23. The molecule has 15 heavy (non-hydrogen) atoms. The van der Waals surface area contributed by atoms with Gasteiger partial charge in [0.2, 0.25) is 0 Å². The van der Waals surface area contributed by atoms with Crippen molar-refractivity contribution in [1.29, 1.82) is 0 Å². The second-order valence-electron chi connectivity index (χ2n) is 2.59. The van der Waals surface area contributed by atoms with Crippen molar-refractivity contribution in [3.05, 3.63) is 38.2 Å². The van der Waals surface area contributed by atoms with Gasteiger partial charge in [0.15, 0.2) is 0 Å². The smallest absolute Gasteiger partial charge is 0.324 e. The number of nitrogens with one attached hydrogen (secondary N) is 1. The molecule has 80 valence electrons. The Balaban J connectivity index is 2.66. The van der Waals surface area contributed by atoms with Crippen LogP contribution in [0.3, 0.4) is 0 Å². The summed E-state index contributed by atoms with van der Waals surface area (Å²) in [5, 5.41) is 12.9. The maximum absolute atomic E-state index is 11.4. The predicted molar refractivity (Wildman–Crippen MR) is 61.4 cm³/mol. The number of carbonyl (C=O) groups excluding carboxylic acids is 1.